The number of carbonyl (C=O) groups is 1. The summed E-state index contributed by atoms with van der Waals surface area (Å²) >= 11 is 0. The number of rotatable bonds is 14. The van der Waals surface area contributed by atoms with Gasteiger partial charge in [0.2, 0.25) is 15.9 Å². The van der Waals surface area contributed by atoms with Crippen LogP contribution in [0.2, 0.25) is 0 Å². The van der Waals surface area contributed by atoms with E-state index in [9.17, 15) is 13.2 Å². The summed E-state index contributed by atoms with van der Waals surface area (Å²) in [6.07, 6.45) is 0.0381. The molecule has 0 saturated carbocycles. The molecular weight excluding hydrogens is 386 g/mol. The Balaban J connectivity index is 0.00000784. The van der Waals surface area contributed by atoms with Gasteiger partial charge in [-0.1, -0.05) is 0 Å². The van der Waals surface area contributed by atoms with Crippen molar-refractivity contribution in [1.82, 2.24) is 14.5 Å². The standard InChI is InChI=1S/C18H37N3O6S.H2/c1-16(2)27-15-18(22)19-5-11-25-13-14-26-12-10-20-6-8-21(9-7-20)28(23,24)17(3)4;/h16-17H,5-15H2,1-4H3,(H,19,22);1H. The summed E-state index contributed by atoms with van der Waals surface area (Å²) in [6, 6.07) is 0. The molecule has 0 bridgehead atoms. The molecule has 9 nitrogen and oxygen atoms in total. The highest BCUT2D eigenvalue weighted by Crippen LogP contribution is 2.12. The van der Waals surface area contributed by atoms with Crippen molar-refractivity contribution in [2.24, 2.45) is 0 Å². The van der Waals surface area contributed by atoms with Gasteiger partial charge in [0.1, 0.15) is 6.61 Å². The maximum Gasteiger partial charge on any atom is 0.246 e. The molecule has 1 aliphatic rings. The molecule has 1 N–H and O–H groups in total. The molecule has 1 saturated heterocycles. The zero-order chi connectivity index (χ0) is 21.0. The second-order valence-corrected chi connectivity index (χ2v) is 9.76. The Morgan fingerprint density at radius 2 is 1.61 bits per heavy atom. The first-order valence-electron chi connectivity index (χ1n) is 9.98. The molecule has 168 valence electrons. The van der Waals surface area contributed by atoms with Crippen LogP contribution in [0.1, 0.15) is 29.1 Å². The Labute approximate surface area is 171 Å². The lowest BCUT2D eigenvalue weighted by Crippen LogP contribution is -2.50. The number of nitrogens with one attached hydrogen (secondary N) is 1. The molecule has 1 aliphatic heterocycles. The largest absolute Gasteiger partial charge is 0.378 e. The van der Waals surface area contributed by atoms with Crippen molar-refractivity contribution >= 4 is 15.9 Å². The Kier molecular flexibility index (Phi) is 12.1. The number of piperazine rings is 1. The highest BCUT2D eigenvalue weighted by molar-refractivity contribution is 7.89. The first-order valence-corrected chi connectivity index (χ1v) is 11.5. The fourth-order valence-corrected chi connectivity index (χ4v) is 3.85. The maximum absolute atomic E-state index is 12.1. The minimum atomic E-state index is -3.15. The van der Waals surface area contributed by atoms with Crippen molar-refractivity contribution in [3.63, 3.8) is 0 Å². The average Bonchev–Trinajstić information content (AvgIpc) is 2.65. The lowest BCUT2D eigenvalue weighted by Gasteiger charge is -2.34. The minimum absolute atomic E-state index is 0. The lowest BCUT2D eigenvalue weighted by molar-refractivity contribution is -0.127. The summed E-state index contributed by atoms with van der Waals surface area (Å²) in [5.41, 5.74) is 0. The van der Waals surface area contributed by atoms with Gasteiger partial charge in [0.05, 0.1) is 37.8 Å². The summed E-state index contributed by atoms with van der Waals surface area (Å²) in [5, 5.41) is 2.35. The van der Waals surface area contributed by atoms with Gasteiger partial charge in [0.25, 0.3) is 0 Å². The highest BCUT2D eigenvalue weighted by Gasteiger charge is 2.28. The summed E-state index contributed by atoms with van der Waals surface area (Å²) in [5.74, 6) is -0.144. The Hall–Kier alpha value is -0.780. The van der Waals surface area contributed by atoms with E-state index in [0.29, 0.717) is 46.1 Å². The van der Waals surface area contributed by atoms with Gasteiger partial charge in [0.15, 0.2) is 0 Å². The maximum atomic E-state index is 12.1. The molecule has 0 aromatic heterocycles. The van der Waals surface area contributed by atoms with Crippen molar-refractivity contribution in [3.8, 4) is 0 Å². The average molecular weight is 426 g/mol. The Bertz CT molecular complexity index is 540. The first-order chi connectivity index (χ1) is 13.2. The Morgan fingerprint density at radius 3 is 2.18 bits per heavy atom. The van der Waals surface area contributed by atoms with Crippen LogP contribution in [0.3, 0.4) is 0 Å². The molecule has 0 radical (unpaired) electrons. The van der Waals surface area contributed by atoms with Crippen LogP contribution in [0.15, 0.2) is 0 Å². The van der Waals surface area contributed by atoms with E-state index >= 15 is 0 Å². The smallest absolute Gasteiger partial charge is 0.246 e. The van der Waals surface area contributed by atoms with E-state index in [0.717, 1.165) is 19.6 Å². The molecule has 28 heavy (non-hydrogen) atoms. The quantitative estimate of drug-likeness (QED) is 0.396. The predicted octanol–water partition coefficient (Wildman–Crippen LogP) is 0.163. The number of ether oxygens (including phenoxy) is 3. The van der Waals surface area contributed by atoms with Gasteiger partial charge in [-0.25, -0.2) is 8.42 Å². The van der Waals surface area contributed by atoms with Crippen molar-refractivity contribution in [2.45, 2.75) is 39.0 Å². The number of carbonyl (C=O) groups excluding carboxylic acids is 1. The van der Waals surface area contributed by atoms with Gasteiger partial charge in [0, 0.05) is 40.7 Å². The third-order valence-corrected chi connectivity index (χ3v) is 6.60. The van der Waals surface area contributed by atoms with Crippen LogP contribution in [0, 0.1) is 0 Å². The number of amides is 1. The monoisotopic (exact) mass is 425 g/mol. The van der Waals surface area contributed by atoms with Gasteiger partial charge >= 0.3 is 0 Å². The van der Waals surface area contributed by atoms with Gasteiger partial charge in [-0.05, 0) is 27.7 Å². The van der Waals surface area contributed by atoms with Gasteiger partial charge < -0.3 is 19.5 Å². The molecule has 0 spiro atoms. The van der Waals surface area contributed by atoms with E-state index in [4.69, 9.17) is 14.2 Å². The molecule has 0 aromatic carbocycles. The molecule has 1 fully saturated rings. The van der Waals surface area contributed by atoms with Gasteiger partial charge in [-0.3, -0.25) is 9.69 Å². The molecule has 1 rings (SSSR count). The SMILES string of the molecule is CC(C)OCC(=O)NCCOCCOCCN1CCN(S(=O)(=O)C(C)C)CC1.[HH]. The highest BCUT2D eigenvalue weighted by atomic mass is 32.2. The molecule has 1 amide bonds. The topological polar surface area (TPSA) is 97.4 Å². The van der Waals surface area contributed by atoms with Gasteiger partial charge in [-0.15, -0.1) is 0 Å². The van der Waals surface area contributed by atoms with Crippen LogP contribution < -0.4 is 5.32 Å². The fourth-order valence-electron chi connectivity index (χ4n) is 2.58. The molecule has 0 aromatic rings. The van der Waals surface area contributed by atoms with E-state index in [-0.39, 0.29) is 25.3 Å². The number of sulfonamides is 1. The summed E-state index contributed by atoms with van der Waals surface area (Å²) in [7, 11) is -3.15. The zero-order valence-electron chi connectivity index (χ0n) is 17.7. The van der Waals surface area contributed by atoms with Gasteiger partial charge in [-0.2, -0.15) is 4.31 Å². The molecule has 0 unspecified atom stereocenters. The molecule has 0 atom stereocenters. The molecule has 10 heteroatoms. The Morgan fingerprint density at radius 1 is 1.00 bits per heavy atom. The summed E-state index contributed by atoms with van der Waals surface area (Å²) < 4.78 is 42.0. The third-order valence-electron chi connectivity index (χ3n) is 4.33. The summed E-state index contributed by atoms with van der Waals surface area (Å²) in [6.45, 7) is 13.0. The van der Waals surface area contributed by atoms with E-state index in [1.54, 1.807) is 18.2 Å². The molecule has 1 heterocycles. The molecular formula is C18H39N3O6S. The van der Waals surface area contributed by atoms with Crippen LogP contribution >= 0.6 is 0 Å². The second kappa shape index (κ2) is 13.4. The van der Waals surface area contributed by atoms with Crippen LogP contribution in [-0.4, -0.2) is 107 Å². The number of nitrogens with zero attached hydrogens (tertiary/aromatic N) is 2. The number of hydrogen-bond acceptors (Lipinski definition) is 7. The van der Waals surface area contributed by atoms with Crippen molar-refractivity contribution in [2.75, 3.05) is 72.3 Å². The van der Waals surface area contributed by atoms with Crippen molar-refractivity contribution < 1.29 is 28.8 Å². The van der Waals surface area contributed by atoms with Crippen molar-refractivity contribution in [3.05, 3.63) is 0 Å². The summed E-state index contributed by atoms with van der Waals surface area (Å²) in [4.78, 5) is 13.6. The lowest BCUT2D eigenvalue weighted by atomic mass is 10.3. The zero-order valence-corrected chi connectivity index (χ0v) is 18.5. The van der Waals surface area contributed by atoms with E-state index < -0.39 is 10.0 Å². The normalized spacial score (nSPS) is 16.8. The fraction of sp³-hybridized carbons (Fsp3) is 0.944. The van der Waals surface area contributed by atoms with Crippen LogP contribution in [-0.2, 0) is 29.0 Å². The number of hydrogen-bond donors (Lipinski definition) is 1. The van der Waals surface area contributed by atoms with E-state index in [1.807, 2.05) is 13.8 Å². The van der Waals surface area contributed by atoms with Crippen LogP contribution in [0.25, 0.3) is 0 Å². The minimum Gasteiger partial charge on any atom is -0.378 e. The first kappa shape index (κ1) is 25.3. The van der Waals surface area contributed by atoms with Crippen molar-refractivity contribution in [1.29, 1.82) is 0 Å². The predicted molar refractivity (Wildman–Crippen MR) is 110 cm³/mol. The third kappa shape index (κ3) is 10.1. The van der Waals surface area contributed by atoms with Crippen LogP contribution in [0.5, 0.6) is 0 Å². The van der Waals surface area contributed by atoms with E-state index in [1.165, 1.54) is 0 Å². The molecule has 0 aliphatic carbocycles. The van der Waals surface area contributed by atoms with Crippen LogP contribution in [0.4, 0.5) is 0 Å². The van der Waals surface area contributed by atoms with E-state index in [2.05, 4.69) is 10.2 Å². The second-order valence-electron chi connectivity index (χ2n) is 7.27.